The number of nitrogens with zero attached hydrogens (tertiary/aromatic N) is 3. The van der Waals surface area contributed by atoms with Crippen molar-refractivity contribution in [1.82, 2.24) is 14.8 Å². The number of halogens is 2. The average molecular weight is 401 g/mol. The van der Waals surface area contributed by atoms with E-state index in [4.69, 9.17) is 16.3 Å². The predicted molar refractivity (Wildman–Crippen MR) is 96.7 cm³/mol. The van der Waals surface area contributed by atoms with E-state index in [1.165, 1.54) is 23.9 Å². The van der Waals surface area contributed by atoms with Crippen molar-refractivity contribution in [2.45, 2.75) is 30.7 Å². The molecule has 0 unspecified atom stereocenters. The lowest BCUT2D eigenvalue weighted by Crippen LogP contribution is -2.23. The van der Waals surface area contributed by atoms with E-state index in [1.54, 1.807) is 25.5 Å². The first-order valence-corrected chi connectivity index (χ1v) is 9.04. The Morgan fingerprint density at radius 1 is 1.42 bits per heavy atom. The molecule has 1 N–H and O–H groups in total. The summed E-state index contributed by atoms with van der Waals surface area (Å²) in [6, 6.07) is 3.73. The first-order chi connectivity index (χ1) is 12.3. The number of benzene rings is 1. The molecule has 1 heterocycles. The maximum atomic E-state index is 13.1. The molecule has 0 fully saturated rings. The first kappa shape index (κ1) is 20.2. The van der Waals surface area contributed by atoms with E-state index in [9.17, 15) is 14.0 Å². The summed E-state index contributed by atoms with van der Waals surface area (Å²) in [4.78, 5) is 23.9. The summed E-state index contributed by atoms with van der Waals surface area (Å²) in [5.74, 6) is -0.751. The summed E-state index contributed by atoms with van der Waals surface area (Å²) in [7, 11) is 1.71. The molecule has 0 bridgehead atoms. The molecule has 0 saturated heterocycles. The molecule has 0 saturated carbocycles. The van der Waals surface area contributed by atoms with Crippen LogP contribution in [0.25, 0.3) is 0 Å². The number of ether oxygens (including phenoxy) is 1. The minimum absolute atomic E-state index is 0.00364. The van der Waals surface area contributed by atoms with Crippen molar-refractivity contribution in [2.24, 2.45) is 7.05 Å². The highest BCUT2D eigenvalue weighted by molar-refractivity contribution is 8.00. The molecule has 1 aromatic carbocycles. The number of aromatic nitrogens is 3. The maximum Gasteiger partial charge on any atom is 0.313 e. The van der Waals surface area contributed by atoms with E-state index in [0.717, 1.165) is 6.07 Å². The van der Waals surface area contributed by atoms with Crippen molar-refractivity contribution in [3.8, 4) is 0 Å². The second kappa shape index (κ2) is 9.00. The van der Waals surface area contributed by atoms with E-state index in [-0.39, 0.29) is 17.4 Å². The number of carbonyl (C=O) groups excluding carboxylic acids is 2. The third-order valence-corrected chi connectivity index (χ3v) is 4.82. The summed E-state index contributed by atoms with van der Waals surface area (Å²) in [6.45, 7) is 3.71. The Balaban J connectivity index is 2.00. The zero-order valence-electron chi connectivity index (χ0n) is 14.5. The van der Waals surface area contributed by atoms with Crippen LogP contribution in [0.5, 0.6) is 0 Å². The summed E-state index contributed by atoms with van der Waals surface area (Å²) in [6.07, 6.45) is 0.00364. The van der Waals surface area contributed by atoms with Gasteiger partial charge in [0.15, 0.2) is 5.16 Å². The molecule has 1 aromatic heterocycles. The largest absolute Gasteiger partial charge is 0.466 e. The fraction of sp³-hybridized carbons (Fsp3) is 0.375. The molecule has 1 atom stereocenters. The Morgan fingerprint density at radius 3 is 2.81 bits per heavy atom. The van der Waals surface area contributed by atoms with Gasteiger partial charge in [0, 0.05) is 7.05 Å². The molecule has 0 aliphatic rings. The molecule has 0 spiro atoms. The fourth-order valence-electron chi connectivity index (χ4n) is 1.98. The molecule has 1 amide bonds. The minimum Gasteiger partial charge on any atom is -0.466 e. The second-order valence-electron chi connectivity index (χ2n) is 5.31. The van der Waals surface area contributed by atoms with Crippen LogP contribution in [0.1, 0.15) is 19.7 Å². The number of anilines is 1. The van der Waals surface area contributed by atoms with Gasteiger partial charge in [-0.15, -0.1) is 10.2 Å². The molecule has 2 rings (SSSR count). The standard InChI is InChI=1S/C16H18ClFN4O3S/c1-4-25-14(23)8-13-20-21-16(22(13)3)26-9(2)15(24)19-12-6-5-10(18)7-11(12)17/h5-7,9H,4,8H2,1-3H3,(H,19,24)/t9-/m1/s1. The Bertz CT molecular complexity index is 815. The van der Waals surface area contributed by atoms with Gasteiger partial charge >= 0.3 is 5.97 Å². The lowest BCUT2D eigenvalue weighted by atomic mass is 10.3. The monoisotopic (exact) mass is 400 g/mol. The molecule has 26 heavy (non-hydrogen) atoms. The van der Waals surface area contributed by atoms with Crippen LogP contribution in [0.4, 0.5) is 10.1 Å². The Labute approximate surface area is 159 Å². The Hall–Kier alpha value is -2.13. The van der Waals surface area contributed by atoms with Gasteiger partial charge in [0.2, 0.25) is 5.91 Å². The molecule has 140 valence electrons. The Morgan fingerprint density at radius 2 is 2.15 bits per heavy atom. The van der Waals surface area contributed by atoms with Crippen molar-refractivity contribution in [3.63, 3.8) is 0 Å². The zero-order chi connectivity index (χ0) is 19.3. The molecule has 7 nitrogen and oxygen atoms in total. The van der Waals surface area contributed by atoms with Crippen LogP contribution in [-0.4, -0.2) is 38.5 Å². The summed E-state index contributed by atoms with van der Waals surface area (Å²) in [5, 5.41) is 10.7. The van der Waals surface area contributed by atoms with Crippen LogP contribution in [-0.2, 0) is 27.8 Å². The van der Waals surface area contributed by atoms with Gasteiger partial charge in [-0.1, -0.05) is 23.4 Å². The van der Waals surface area contributed by atoms with E-state index in [2.05, 4.69) is 15.5 Å². The van der Waals surface area contributed by atoms with Gasteiger partial charge in [0.1, 0.15) is 18.1 Å². The third-order valence-electron chi connectivity index (χ3n) is 3.37. The number of nitrogens with one attached hydrogen (secondary N) is 1. The Kier molecular flexibility index (Phi) is 6.98. The van der Waals surface area contributed by atoms with Gasteiger partial charge in [-0.3, -0.25) is 9.59 Å². The van der Waals surface area contributed by atoms with Gasteiger partial charge in [-0.2, -0.15) is 0 Å². The topological polar surface area (TPSA) is 86.1 Å². The lowest BCUT2D eigenvalue weighted by Gasteiger charge is -2.12. The minimum atomic E-state index is -0.519. The van der Waals surface area contributed by atoms with Gasteiger partial charge in [0.25, 0.3) is 0 Å². The number of hydrogen-bond donors (Lipinski definition) is 1. The van der Waals surface area contributed by atoms with Gasteiger partial charge in [-0.05, 0) is 32.0 Å². The number of carbonyl (C=O) groups is 2. The number of thioether (sulfide) groups is 1. The normalized spacial score (nSPS) is 11.9. The quantitative estimate of drug-likeness (QED) is 0.568. The highest BCUT2D eigenvalue weighted by Crippen LogP contribution is 2.26. The van der Waals surface area contributed by atoms with Crippen LogP contribution >= 0.6 is 23.4 Å². The van der Waals surface area contributed by atoms with E-state index in [0.29, 0.717) is 23.3 Å². The molecule has 2 aromatic rings. The van der Waals surface area contributed by atoms with E-state index < -0.39 is 17.0 Å². The van der Waals surface area contributed by atoms with Gasteiger partial charge < -0.3 is 14.6 Å². The molecular weight excluding hydrogens is 383 g/mol. The average Bonchev–Trinajstić information content (AvgIpc) is 2.90. The van der Waals surface area contributed by atoms with Crippen LogP contribution in [0.15, 0.2) is 23.4 Å². The SMILES string of the molecule is CCOC(=O)Cc1nnc(S[C@H](C)C(=O)Nc2ccc(F)cc2Cl)n1C. The maximum absolute atomic E-state index is 13.1. The molecule has 10 heteroatoms. The van der Waals surface area contributed by atoms with Crippen molar-refractivity contribution in [1.29, 1.82) is 0 Å². The van der Waals surface area contributed by atoms with Crippen LogP contribution < -0.4 is 5.32 Å². The van der Waals surface area contributed by atoms with Crippen LogP contribution in [0.2, 0.25) is 5.02 Å². The zero-order valence-corrected chi connectivity index (χ0v) is 16.0. The van der Waals surface area contributed by atoms with Crippen molar-refractivity contribution >= 4 is 40.9 Å². The smallest absolute Gasteiger partial charge is 0.313 e. The van der Waals surface area contributed by atoms with E-state index in [1.807, 2.05) is 0 Å². The number of esters is 1. The number of amides is 1. The number of hydrogen-bond acceptors (Lipinski definition) is 6. The highest BCUT2D eigenvalue weighted by atomic mass is 35.5. The number of rotatable bonds is 7. The highest BCUT2D eigenvalue weighted by Gasteiger charge is 2.20. The van der Waals surface area contributed by atoms with E-state index >= 15 is 0 Å². The summed E-state index contributed by atoms with van der Waals surface area (Å²) in [5.41, 5.74) is 0.325. The van der Waals surface area contributed by atoms with Gasteiger partial charge in [0.05, 0.1) is 22.6 Å². The first-order valence-electron chi connectivity index (χ1n) is 7.78. The van der Waals surface area contributed by atoms with Gasteiger partial charge in [-0.25, -0.2) is 4.39 Å². The third kappa shape index (κ3) is 5.18. The van der Waals surface area contributed by atoms with Crippen LogP contribution in [0.3, 0.4) is 0 Å². The van der Waals surface area contributed by atoms with Crippen molar-refractivity contribution in [3.05, 3.63) is 34.9 Å². The fourth-order valence-corrected chi connectivity index (χ4v) is 3.03. The lowest BCUT2D eigenvalue weighted by molar-refractivity contribution is -0.142. The summed E-state index contributed by atoms with van der Waals surface area (Å²) >= 11 is 7.09. The molecule has 0 aliphatic heterocycles. The molecule has 0 aliphatic carbocycles. The summed E-state index contributed by atoms with van der Waals surface area (Å²) < 4.78 is 19.6. The van der Waals surface area contributed by atoms with Crippen LogP contribution in [0, 0.1) is 5.82 Å². The second-order valence-corrected chi connectivity index (χ2v) is 7.03. The molecule has 0 radical (unpaired) electrons. The van der Waals surface area contributed by atoms with Crippen molar-refractivity contribution < 1.29 is 18.7 Å². The van der Waals surface area contributed by atoms with Crippen molar-refractivity contribution in [2.75, 3.05) is 11.9 Å². The molecular formula is C16H18ClFN4O3S. The predicted octanol–water partition coefficient (Wildman–Crippen LogP) is 2.83.